The maximum Gasteiger partial charge on any atom is 0.407 e. The van der Waals surface area contributed by atoms with Crippen molar-refractivity contribution in [3.8, 4) is 11.1 Å². The Bertz CT molecular complexity index is 1060. The van der Waals surface area contributed by atoms with Crippen molar-refractivity contribution >= 4 is 29.7 Å². The number of carboxylic acids is 1. The van der Waals surface area contributed by atoms with Crippen LogP contribution in [0.3, 0.4) is 0 Å². The Balaban J connectivity index is 1.42. The Morgan fingerprint density at radius 1 is 1.14 bits per heavy atom. The van der Waals surface area contributed by atoms with E-state index >= 15 is 0 Å². The number of hydrogen-bond acceptors (Lipinski definition) is 6. The summed E-state index contributed by atoms with van der Waals surface area (Å²) in [4.78, 5) is 38.7. The highest BCUT2D eigenvalue weighted by Crippen LogP contribution is 2.44. The van der Waals surface area contributed by atoms with Gasteiger partial charge in [0.1, 0.15) is 12.6 Å². The first-order chi connectivity index (χ1) is 16.8. The van der Waals surface area contributed by atoms with Gasteiger partial charge in [-0.05, 0) is 53.5 Å². The van der Waals surface area contributed by atoms with Crippen LogP contribution >= 0.6 is 11.8 Å². The van der Waals surface area contributed by atoms with Gasteiger partial charge in [-0.1, -0.05) is 48.5 Å². The minimum atomic E-state index is -1.97. The van der Waals surface area contributed by atoms with Gasteiger partial charge in [0.2, 0.25) is 5.91 Å². The average Bonchev–Trinajstić information content (AvgIpc) is 3.18. The fraction of sp³-hybridized carbons (Fsp3) is 0.423. The van der Waals surface area contributed by atoms with Crippen molar-refractivity contribution in [1.82, 2.24) is 10.2 Å². The molecule has 9 heteroatoms. The molecule has 1 heterocycles. The topological polar surface area (TPSA) is 116 Å². The van der Waals surface area contributed by atoms with Gasteiger partial charge in [0.05, 0.1) is 6.54 Å². The van der Waals surface area contributed by atoms with Gasteiger partial charge in [0.25, 0.3) is 0 Å². The van der Waals surface area contributed by atoms with Crippen LogP contribution in [0.2, 0.25) is 0 Å². The zero-order valence-corrected chi connectivity index (χ0v) is 20.4. The number of likely N-dealkylation sites (tertiary alicyclic amines) is 1. The first kappa shape index (κ1) is 25.1. The molecule has 2 aromatic carbocycles. The van der Waals surface area contributed by atoms with Gasteiger partial charge in [-0.3, -0.25) is 4.79 Å². The number of aliphatic hydroxyl groups is 1. The second kappa shape index (κ2) is 10.7. The number of carbonyl (C=O) groups excluding carboxylic acids is 2. The zero-order valence-electron chi connectivity index (χ0n) is 19.6. The molecular formula is C26H30N2O6S. The number of fused-ring (bicyclic) bond motifs is 3. The summed E-state index contributed by atoms with van der Waals surface area (Å²) < 4.78 is 5.60. The van der Waals surface area contributed by atoms with Gasteiger partial charge in [-0.25, -0.2) is 9.59 Å². The molecule has 1 fully saturated rings. The lowest BCUT2D eigenvalue weighted by molar-refractivity contribution is -0.167. The number of nitrogens with zero attached hydrogens (tertiary/aromatic N) is 1. The molecule has 0 bridgehead atoms. The molecule has 35 heavy (non-hydrogen) atoms. The highest BCUT2D eigenvalue weighted by Gasteiger charge is 2.43. The van der Waals surface area contributed by atoms with E-state index in [1.165, 1.54) is 16.7 Å². The Morgan fingerprint density at radius 3 is 2.37 bits per heavy atom. The third kappa shape index (κ3) is 5.31. The van der Waals surface area contributed by atoms with E-state index in [9.17, 15) is 24.6 Å². The minimum Gasteiger partial charge on any atom is -0.479 e. The molecule has 1 aliphatic heterocycles. The predicted molar refractivity (Wildman–Crippen MR) is 133 cm³/mol. The molecule has 3 N–H and O–H groups in total. The van der Waals surface area contributed by atoms with Crippen LogP contribution in [0.1, 0.15) is 36.3 Å². The lowest BCUT2D eigenvalue weighted by Crippen LogP contribution is -2.58. The van der Waals surface area contributed by atoms with E-state index in [4.69, 9.17) is 4.74 Å². The number of β-amino-alcohol motifs (C(OH)–C–C–N with tert-alkyl or cyclic N) is 1. The van der Waals surface area contributed by atoms with Crippen LogP contribution in [-0.4, -0.2) is 76.4 Å². The van der Waals surface area contributed by atoms with Gasteiger partial charge in [-0.15, -0.1) is 0 Å². The van der Waals surface area contributed by atoms with Crippen molar-refractivity contribution < 1.29 is 29.3 Å². The third-order valence-corrected chi connectivity index (χ3v) is 7.37. The molecule has 0 saturated carbocycles. The molecular weight excluding hydrogens is 468 g/mol. The average molecular weight is 499 g/mol. The number of aliphatic carboxylic acids is 1. The maximum atomic E-state index is 13.2. The lowest BCUT2D eigenvalue weighted by atomic mass is 9.92. The number of carbonyl (C=O) groups is 3. The maximum absolute atomic E-state index is 13.2. The largest absolute Gasteiger partial charge is 0.479 e. The number of hydrogen-bond donors (Lipinski definition) is 3. The van der Waals surface area contributed by atoms with Gasteiger partial charge >= 0.3 is 12.1 Å². The fourth-order valence-corrected chi connectivity index (χ4v) is 5.37. The Morgan fingerprint density at radius 2 is 1.77 bits per heavy atom. The van der Waals surface area contributed by atoms with Crippen LogP contribution in [0.25, 0.3) is 11.1 Å². The smallest absolute Gasteiger partial charge is 0.407 e. The standard InChI is InChI=1S/C26H30N2O6S/c1-35-14-11-22(23(29)28-13-6-12-26(33,16-28)24(30)31)27-25(32)34-15-21-19-9-4-2-7-17(19)18-8-3-5-10-20(18)21/h2-5,7-10,21-22,33H,6,11-16H2,1H3,(H,27,32)(H,30,31). The number of thioether (sulfide) groups is 1. The SMILES string of the molecule is CSCCC(NC(=O)OCC1c2ccccc2-c2ccccc21)C(=O)N1CCCC(O)(C(=O)O)C1. The summed E-state index contributed by atoms with van der Waals surface area (Å²) in [7, 11) is 0. The van der Waals surface area contributed by atoms with Crippen LogP contribution in [0, 0.1) is 0 Å². The van der Waals surface area contributed by atoms with Crippen LogP contribution in [-0.2, 0) is 14.3 Å². The van der Waals surface area contributed by atoms with E-state index in [2.05, 4.69) is 17.4 Å². The normalized spacial score (nSPS) is 20.0. The minimum absolute atomic E-state index is 0.0847. The highest BCUT2D eigenvalue weighted by atomic mass is 32.2. The molecule has 4 rings (SSSR count). The molecule has 8 nitrogen and oxygen atoms in total. The molecule has 1 saturated heterocycles. The summed E-state index contributed by atoms with van der Waals surface area (Å²) in [6.07, 6.45) is 2.03. The Hall–Kier alpha value is -3.04. The Kier molecular flexibility index (Phi) is 7.66. The highest BCUT2D eigenvalue weighted by molar-refractivity contribution is 7.98. The van der Waals surface area contributed by atoms with Crippen LogP contribution in [0.5, 0.6) is 0 Å². The summed E-state index contributed by atoms with van der Waals surface area (Å²) in [6.45, 7) is 0.158. The van der Waals surface area contributed by atoms with Gasteiger partial charge in [0.15, 0.2) is 5.60 Å². The lowest BCUT2D eigenvalue weighted by Gasteiger charge is -2.37. The monoisotopic (exact) mass is 498 g/mol. The van der Waals surface area contributed by atoms with Gasteiger partial charge in [0, 0.05) is 12.5 Å². The van der Waals surface area contributed by atoms with Gasteiger partial charge < -0.3 is 25.2 Å². The number of nitrogens with one attached hydrogen (secondary N) is 1. The number of amides is 2. The number of carboxylic acid groups (broad SMARTS) is 1. The molecule has 2 amide bonds. The number of piperidine rings is 1. The first-order valence-corrected chi connectivity index (χ1v) is 13.1. The number of rotatable bonds is 8. The molecule has 2 aliphatic rings. The van der Waals surface area contributed by atoms with Crippen molar-refractivity contribution in [1.29, 1.82) is 0 Å². The quantitative estimate of drug-likeness (QED) is 0.512. The molecule has 2 atom stereocenters. The van der Waals surface area contributed by atoms with Crippen LogP contribution in [0.15, 0.2) is 48.5 Å². The summed E-state index contributed by atoms with van der Waals surface area (Å²) in [5.41, 5.74) is 2.47. The summed E-state index contributed by atoms with van der Waals surface area (Å²) in [6, 6.07) is 15.2. The predicted octanol–water partition coefficient (Wildman–Crippen LogP) is 3.08. The second-order valence-electron chi connectivity index (χ2n) is 9.00. The van der Waals surface area contributed by atoms with Crippen molar-refractivity contribution in [3.63, 3.8) is 0 Å². The molecule has 2 aromatic rings. The first-order valence-electron chi connectivity index (χ1n) is 11.7. The van der Waals surface area contributed by atoms with Crippen molar-refractivity contribution in [3.05, 3.63) is 59.7 Å². The second-order valence-corrected chi connectivity index (χ2v) is 9.99. The third-order valence-electron chi connectivity index (χ3n) is 6.73. The van der Waals surface area contributed by atoms with E-state index in [-0.39, 0.29) is 25.5 Å². The summed E-state index contributed by atoms with van der Waals surface area (Å²) >= 11 is 1.54. The zero-order chi connectivity index (χ0) is 25.0. The fourth-order valence-electron chi connectivity index (χ4n) is 4.89. The number of benzene rings is 2. The van der Waals surface area contributed by atoms with E-state index in [1.54, 1.807) is 0 Å². The molecule has 0 spiro atoms. The molecule has 1 aliphatic carbocycles. The number of ether oxygens (including phenoxy) is 1. The van der Waals surface area contributed by atoms with E-state index in [1.807, 2.05) is 42.7 Å². The van der Waals surface area contributed by atoms with E-state index < -0.39 is 29.6 Å². The van der Waals surface area contributed by atoms with Crippen molar-refractivity contribution in [2.75, 3.05) is 31.7 Å². The summed E-state index contributed by atoms with van der Waals surface area (Å²) in [5.74, 6) is -1.23. The molecule has 186 valence electrons. The van der Waals surface area contributed by atoms with Crippen LogP contribution < -0.4 is 5.32 Å². The van der Waals surface area contributed by atoms with Crippen LogP contribution in [0.4, 0.5) is 4.79 Å². The Labute approximate surface area is 208 Å². The molecule has 0 radical (unpaired) electrons. The molecule has 2 unspecified atom stereocenters. The van der Waals surface area contributed by atoms with Gasteiger partial charge in [-0.2, -0.15) is 11.8 Å². The number of alkyl carbamates (subject to hydrolysis) is 1. The molecule has 0 aromatic heterocycles. The summed E-state index contributed by atoms with van der Waals surface area (Å²) in [5, 5.41) is 22.4. The van der Waals surface area contributed by atoms with E-state index in [0.29, 0.717) is 25.1 Å². The van der Waals surface area contributed by atoms with E-state index in [0.717, 1.165) is 22.3 Å². The van der Waals surface area contributed by atoms with Crippen molar-refractivity contribution in [2.45, 2.75) is 36.8 Å². The van der Waals surface area contributed by atoms with Crippen molar-refractivity contribution in [2.24, 2.45) is 0 Å².